The summed E-state index contributed by atoms with van der Waals surface area (Å²) in [5.74, 6) is 0.401. The van der Waals surface area contributed by atoms with Crippen LogP contribution in [0.15, 0.2) is 17.3 Å². The number of hydrogen-bond donors (Lipinski definition) is 4. The minimum atomic E-state index is -1.47. The van der Waals surface area contributed by atoms with Crippen LogP contribution in [0.4, 0.5) is 0 Å². The molecule has 0 aromatic carbocycles. The van der Waals surface area contributed by atoms with Gasteiger partial charge in [0, 0.05) is 6.20 Å². The SMILES string of the molecule is C[C@@]1(O)[C@H](O)[C@@H](CO)O[C@H]1N1C=CC(N)=NC1. The summed E-state index contributed by atoms with van der Waals surface area (Å²) in [4.78, 5) is 5.62. The minimum Gasteiger partial charge on any atom is -0.394 e. The van der Waals surface area contributed by atoms with Crippen LogP contribution in [0.25, 0.3) is 0 Å². The van der Waals surface area contributed by atoms with Crippen LogP contribution < -0.4 is 5.73 Å². The van der Waals surface area contributed by atoms with Crippen molar-refractivity contribution in [2.24, 2.45) is 10.7 Å². The molecule has 0 radical (unpaired) electrons. The predicted molar refractivity (Wildman–Crippen MR) is 59.8 cm³/mol. The molecule has 2 aliphatic rings. The van der Waals surface area contributed by atoms with Crippen LogP contribution in [-0.4, -0.2) is 63.4 Å². The molecule has 0 bridgehead atoms. The molecule has 0 spiro atoms. The molecule has 5 N–H and O–H groups in total. The molecule has 0 unspecified atom stereocenters. The van der Waals surface area contributed by atoms with E-state index in [1.165, 1.54) is 6.92 Å². The maximum atomic E-state index is 10.2. The molecule has 2 aliphatic heterocycles. The molecule has 0 saturated carbocycles. The van der Waals surface area contributed by atoms with Crippen molar-refractivity contribution in [3.8, 4) is 0 Å². The zero-order valence-electron chi connectivity index (χ0n) is 9.52. The van der Waals surface area contributed by atoms with Gasteiger partial charge < -0.3 is 30.7 Å². The minimum absolute atomic E-state index is 0.244. The zero-order valence-corrected chi connectivity index (χ0v) is 9.52. The monoisotopic (exact) mass is 243 g/mol. The summed E-state index contributed by atoms with van der Waals surface area (Å²) in [5.41, 5.74) is 4.01. The zero-order chi connectivity index (χ0) is 12.6. The number of nitrogens with two attached hydrogens (primary N) is 1. The van der Waals surface area contributed by atoms with Crippen molar-refractivity contribution in [2.75, 3.05) is 13.3 Å². The van der Waals surface area contributed by atoms with Crippen LogP contribution >= 0.6 is 0 Å². The third-order valence-electron chi connectivity index (χ3n) is 3.09. The number of aliphatic hydroxyl groups excluding tert-OH is 2. The Morgan fingerprint density at radius 2 is 2.41 bits per heavy atom. The number of ether oxygens (including phenoxy) is 1. The van der Waals surface area contributed by atoms with Crippen molar-refractivity contribution in [1.82, 2.24) is 4.90 Å². The highest BCUT2D eigenvalue weighted by Crippen LogP contribution is 2.33. The van der Waals surface area contributed by atoms with Crippen molar-refractivity contribution in [3.63, 3.8) is 0 Å². The fourth-order valence-corrected chi connectivity index (χ4v) is 2.04. The van der Waals surface area contributed by atoms with E-state index in [1.54, 1.807) is 17.2 Å². The average molecular weight is 243 g/mol. The highest BCUT2D eigenvalue weighted by atomic mass is 16.6. The molecule has 0 aromatic rings. The van der Waals surface area contributed by atoms with E-state index in [0.717, 1.165) is 0 Å². The summed E-state index contributed by atoms with van der Waals surface area (Å²) in [6, 6.07) is 0. The van der Waals surface area contributed by atoms with Crippen molar-refractivity contribution in [3.05, 3.63) is 12.3 Å². The Morgan fingerprint density at radius 1 is 1.71 bits per heavy atom. The van der Waals surface area contributed by atoms with Crippen LogP contribution in [0, 0.1) is 0 Å². The fourth-order valence-electron chi connectivity index (χ4n) is 2.04. The summed E-state index contributed by atoms with van der Waals surface area (Å²) in [5, 5.41) is 29.1. The quantitative estimate of drug-likeness (QED) is 0.444. The van der Waals surface area contributed by atoms with Gasteiger partial charge in [-0.2, -0.15) is 0 Å². The van der Waals surface area contributed by atoms with E-state index in [4.69, 9.17) is 15.6 Å². The Morgan fingerprint density at radius 3 is 2.88 bits per heavy atom. The van der Waals surface area contributed by atoms with Gasteiger partial charge >= 0.3 is 0 Å². The second-order valence-corrected chi connectivity index (χ2v) is 4.43. The fraction of sp³-hybridized carbons (Fsp3) is 0.700. The van der Waals surface area contributed by atoms with Crippen molar-refractivity contribution >= 4 is 5.84 Å². The second kappa shape index (κ2) is 4.26. The molecule has 2 heterocycles. The number of aliphatic imine (C=N–C) groups is 1. The molecular weight excluding hydrogens is 226 g/mol. The van der Waals surface area contributed by atoms with Gasteiger partial charge in [0.05, 0.1) is 6.61 Å². The molecule has 0 aromatic heterocycles. The Hall–Kier alpha value is -1.15. The summed E-state index contributed by atoms with van der Waals surface area (Å²) >= 11 is 0. The second-order valence-electron chi connectivity index (χ2n) is 4.43. The normalized spacial score (nSPS) is 41.8. The van der Waals surface area contributed by atoms with Crippen LogP contribution in [0.2, 0.25) is 0 Å². The molecule has 7 heteroatoms. The molecule has 1 saturated heterocycles. The van der Waals surface area contributed by atoms with Gasteiger partial charge in [0.1, 0.15) is 30.3 Å². The van der Waals surface area contributed by atoms with Gasteiger partial charge in [-0.1, -0.05) is 0 Å². The molecule has 96 valence electrons. The van der Waals surface area contributed by atoms with Crippen LogP contribution in [0.3, 0.4) is 0 Å². The Labute approximate surface area is 98.8 Å². The highest BCUT2D eigenvalue weighted by molar-refractivity contribution is 5.91. The van der Waals surface area contributed by atoms with E-state index in [1.807, 2.05) is 0 Å². The molecule has 7 nitrogen and oxygen atoms in total. The first-order valence-corrected chi connectivity index (χ1v) is 5.37. The maximum Gasteiger partial charge on any atom is 0.163 e. The third-order valence-corrected chi connectivity index (χ3v) is 3.09. The van der Waals surface area contributed by atoms with Crippen LogP contribution in [0.1, 0.15) is 6.92 Å². The number of nitrogens with zero attached hydrogens (tertiary/aromatic N) is 2. The molecule has 4 atom stereocenters. The molecule has 1 fully saturated rings. The highest BCUT2D eigenvalue weighted by Gasteiger charge is 2.53. The lowest BCUT2D eigenvalue weighted by molar-refractivity contribution is -0.119. The largest absolute Gasteiger partial charge is 0.394 e. The first kappa shape index (κ1) is 12.3. The Bertz CT molecular complexity index is 355. The van der Waals surface area contributed by atoms with E-state index in [0.29, 0.717) is 5.84 Å². The third kappa shape index (κ3) is 2.02. The van der Waals surface area contributed by atoms with Gasteiger partial charge in [-0.3, -0.25) is 0 Å². The topological polar surface area (TPSA) is 112 Å². The van der Waals surface area contributed by atoms with Gasteiger partial charge in [0.25, 0.3) is 0 Å². The lowest BCUT2D eigenvalue weighted by Gasteiger charge is -2.35. The standard InChI is InChI=1S/C10H17N3O4/c1-10(16)8(15)6(4-14)17-9(10)13-3-2-7(11)12-5-13/h2-3,6,8-9,14-16H,4-5H2,1H3,(H2,11,12)/t6-,8-,9-,10-/m1/s1. The Balaban J connectivity index is 2.14. The summed E-state index contributed by atoms with van der Waals surface area (Å²) in [6.45, 7) is 1.36. The van der Waals surface area contributed by atoms with E-state index in [-0.39, 0.29) is 13.3 Å². The lowest BCUT2D eigenvalue weighted by Crippen LogP contribution is -2.52. The number of amidine groups is 1. The van der Waals surface area contributed by atoms with Gasteiger partial charge in [0.2, 0.25) is 0 Å². The molecular formula is C10H17N3O4. The molecule has 17 heavy (non-hydrogen) atoms. The van der Waals surface area contributed by atoms with Crippen LogP contribution in [-0.2, 0) is 4.74 Å². The Kier molecular flexibility index (Phi) is 3.09. The summed E-state index contributed by atoms with van der Waals surface area (Å²) in [7, 11) is 0. The van der Waals surface area contributed by atoms with E-state index in [9.17, 15) is 10.2 Å². The van der Waals surface area contributed by atoms with Gasteiger partial charge in [-0.25, -0.2) is 4.99 Å². The van der Waals surface area contributed by atoms with Crippen LogP contribution in [0.5, 0.6) is 0 Å². The maximum absolute atomic E-state index is 10.2. The van der Waals surface area contributed by atoms with Gasteiger partial charge in [-0.05, 0) is 13.0 Å². The first-order chi connectivity index (χ1) is 7.96. The number of rotatable bonds is 2. The van der Waals surface area contributed by atoms with Crippen molar-refractivity contribution < 1.29 is 20.1 Å². The molecule has 0 amide bonds. The van der Waals surface area contributed by atoms with E-state index >= 15 is 0 Å². The summed E-state index contributed by atoms with van der Waals surface area (Å²) < 4.78 is 5.43. The average Bonchev–Trinajstić information content (AvgIpc) is 2.53. The van der Waals surface area contributed by atoms with Crippen molar-refractivity contribution in [2.45, 2.75) is 31.0 Å². The molecule has 0 aliphatic carbocycles. The first-order valence-electron chi connectivity index (χ1n) is 5.37. The van der Waals surface area contributed by atoms with E-state index < -0.39 is 24.0 Å². The molecule has 2 rings (SSSR count). The number of aliphatic hydroxyl groups is 3. The number of hydrogen-bond acceptors (Lipinski definition) is 7. The van der Waals surface area contributed by atoms with Gasteiger partial charge in [-0.15, -0.1) is 0 Å². The smallest absolute Gasteiger partial charge is 0.163 e. The predicted octanol–water partition coefficient (Wildman–Crippen LogP) is -2.04. The summed E-state index contributed by atoms with van der Waals surface area (Å²) in [6.07, 6.45) is 0.527. The lowest BCUT2D eigenvalue weighted by atomic mass is 9.96. The van der Waals surface area contributed by atoms with Crippen molar-refractivity contribution in [1.29, 1.82) is 0 Å². The van der Waals surface area contributed by atoms with E-state index in [2.05, 4.69) is 4.99 Å². The van der Waals surface area contributed by atoms with Gasteiger partial charge in [0.15, 0.2) is 6.23 Å².